The Bertz CT molecular complexity index is 954. The SMILES string of the molecule is O=C(NCc1ccc(-c2cccs2)o1)c1ccc2ncsc2c1. The van der Waals surface area contributed by atoms with E-state index in [9.17, 15) is 4.79 Å². The number of carbonyl (C=O) groups is 1. The van der Waals surface area contributed by atoms with Crippen LogP contribution in [0.25, 0.3) is 20.9 Å². The molecule has 0 saturated heterocycles. The van der Waals surface area contributed by atoms with Gasteiger partial charge in [0.05, 0.1) is 27.1 Å². The zero-order valence-electron chi connectivity index (χ0n) is 12.0. The molecule has 0 aliphatic rings. The van der Waals surface area contributed by atoms with Gasteiger partial charge in [-0.2, -0.15) is 0 Å². The lowest BCUT2D eigenvalue weighted by Gasteiger charge is -2.03. The van der Waals surface area contributed by atoms with Gasteiger partial charge in [0.15, 0.2) is 0 Å². The number of furan rings is 1. The van der Waals surface area contributed by atoms with Crippen LogP contribution in [0.15, 0.2) is 57.8 Å². The molecular formula is C17H12N2O2S2. The minimum absolute atomic E-state index is 0.116. The largest absolute Gasteiger partial charge is 0.458 e. The van der Waals surface area contributed by atoms with Crippen LogP contribution < -0.4 is 5.32 Å². The third kappa shape index (κ3) is 2.91. The molecule has 0 atom stereocenters. The van der Waals surface area contributed by atoms with Crippen molar-refractivity contribution in [1.29, 1.82) is 0 Å². The lowest BCUT2D eigenvalue weighted by Crippen LogP contribution is -2.22. The van der Waals surface area contributed by atoms with E-state index in [1.165, 1.54) is 11.3 Å². The maximum atomic E-state index is 12.3. The fourth-order valence-corrected chi connectivity index (χ4v) is 3.69. The number of fused-ring (bicyclic) bond motifs is 1. The molecule has 0 bridgehead atoms. The van der Waals surface area contributed by atoms with Crippen LogP contribution in [0.3, 0.4) is 0 Å². The molecule has 3 heterocycles. The Kier molecular flexibility index (Phi) is 3.69. The number of benzene rings is 1. The van der Waals surface area contributed by atoms with Crippen molar-refractivity contribution in [1.82, 2.24) is 10.3 Å². The highest BCUT2D eigenvalue weighted by atomic mass is 32.1. The highest BCUT2D eigenvalue weighted by Gasteiger charge is 2.10. The second kappa shape index (κ2) is 5.98. The van der Waals surface area contributed by atoms with Crippen molar-refractivity contribution >= 4 is 38.8 Å². The van der Waals surface area contributed by atoms with E-state index in [4.69, 9.17) is 4.42 Å². The number of hydrogen-bond donors (Lipinski definition) is 1. The van der Waals surface area contributed by atoms with E-state index in [1.807, 2.05) is 41.8 Å². The molecule has 0 spiro atoms. The first-order chi connectivity index (χ1) is 11.3. The predicted octanol–water partition coefficient (Wildman–Crippen LogP) is 4.55. The molecule has 0 aliphatic carbocycles. The number of nitrogens with one attached hydrogen (secondary N) is 1. The molecule has 1 aromatic carbocycles. The standard InChI is InChI=1S/C17H12N2O2S2/c20-17(11-3-5-13-16(8-11)23-10-19-13)18-9-12-4-6-14(21-12)15-2-1-7-22-15/h1-8,10H,9H2,(H,18,20). The van der Waals surface area contributed by atoms with Crippen molar-refractivity contribution in [2.45, 2.75) is 6.54 Å². The van der Waals surface area contributed by atoms with Gasteiger partial charge in [0.25, 0.3) is 5.91 Å². The molecule has 1 N–H and O–H groups in total. The van der Waals surface area contributed by atoms with E-state index in [0.717, 1.165) is 26.6 Å². The van der Waals surface area contributed by atoms with Gasteiger partial charge in [-0.1, -0.05) is 6.07 Å². The highest BCUT2D eigenvalue weighted by Crippen LogP contribution is 2.26. The van der Waals surface area contributed by atoms with Crippen LogP contribution in [-0.2, 0) is 6.54 Å². The minimum atomic E-state index is -0.116. The number of hydrogen-bond acceptors (Lipinski definition) is 5. The van der Waals surface area contributed by atoms with Crippen molar-refractivity contribution in [3.8, 4) is 10.6 Å². The van der Waals surface area contributed by atoms with Crippen LogP contribution in [0, 0.1) is 0 Å². The number of carbonyl (C=O) groups excluding carboxylic acids is 1. The zero-order valence-corrected chi connectivity index (χ0v) is 13.6. The predicted molar refractivity (Wildman–Crippen MR) is 92.8 cm³/mol. The minimum Gasteiger partial charge on any atom is -0.458 e. The third-order valence-corrected chi connectivity index (χ3v) is 5.12. The second-order valence-corrected chi connectivity index (χ2v) is 6.79. The van der Waals surface area contributed by atoms with E-state index in [1.54, 1.807) is 22.9 Å². The van der Waals surface area contributed by atoms with Crippen molar-refractivity contribution < 1.29 is 9.21 Å². The summed E-state index contributed by atoms with van der Waals surface area (Å²) in [6.45, 7) is 0.366. The van der Waals surface area contributed by atoms with E-state index in [0.29, 0.717) is 12.1 Å². The number of rotatable bonds is 4. The molecule has 4 rings (SSSR count). The summed E-state index contributed by atoms with van der Waals surface area (Å²) >= 11 is 3.15. The molecule has 23 heavy (non-hydrogen) atoms. The Morgan fingerprint density at radius 1 is 1.17 bits per heavy atom. The van der Waals surface area contributed by atoms with E-state index >= 15 is 0 Å². The molecule has 114 valence electrons. The van der Waals surface area contributed by atoms with Gasteiger partial charge in [0.1, 0.15) is 11.5 Å². The molecule has 4 nitrogen and oxygen atoms in total. The van der Waals surface area contributed by atoms with E-state index < -0.39 is 0 Å². The first kappa shape index (κ1) is 14.2. The van der Waals surface area contributed by atoms with Crippen LogP contribution in [0.2, 0.25) is 0 Å². The molecule has 0 unspecified atom stereocenters. The van der Waals surface area contributed by atoms with Gasteiger partial charge in [-0.05, 0) is 41.8 Å². The summed E-state index contributed by atoms with van der Waals surface area (Å²) < 4.78 is 6.77. The third-order valence-electron chi connectivity index (χ3n) is 3.44. The monoisotopic (exact) mass is 340 g/mol. The molecule has 4 aromatic rings. The Balaban J connectivity index is 1.45. The quantitative estimate of drug-likeness (QED) is 0.593. The molecular weight excluding hydrogens is 328 g/mol. The Labute approximate surface area is 140 Å². The van der Waals surface area contributed by atoms with Gasteiger partial charge >= 0.3 is 0 Å². The molecule has 0 aliphatic heterocycles. The van der Waals surface area contributed by atoms with Crippen molar-refractivity contribution in [3.63, 3.8) is 0 Å². The molecule has 0 radical (unpaired) electrons. The zero-order chi connectivity index (χ0) is 15.6. The van der Waals surface area contributed by atoms with Crippen molar-refractivity contribution in [2.24, 2.45) is 0 Å². The summed E-state index contributed by atoms with van der Waals surface area (Å²) in [5.41, 5.74) is 3.33. The Hall–Kier alpha value is -2.44. The van der Waals surface area contributed by atoms with Crippen LogP contribution in [0.5, 0.6) is 0 Å². The van der Waals surface area contributed by atoms with Gasteiger partial charge in [-0.15, -0.1) is 22.7 Å². The number of amides is 1. The Morgan fingerprint density at radius 3 is 3.00 bits per heavy atom. The van der Waals surface area contributed by atoms with Crippen LogP contribution >= 0.6 is 22.7 Å². The van der Waals surface area contributed by atoms with Gasteiger partial charge in [-0.25, -0.2) is 4.98 Å². The van der Waals surface area contributed by atoms with Crippen molar-refractivity contribution in [3.05, 3.63) is 64.7 Å². The molecule has 0 fully saturated rings. The van der Waals surface area contributed by atoms with Gasteiger partial charge in [0, 0.05) is 5.56 Å². The molecule has 1 amide bonds. The summed E-state index contributed by atoms with van der Waals surface area (Å²) in [6, 6.07) is 13.3. The summed E-state index contributed by atoms with van der Waals surface area (Å²) in [7, 11) is 0. The average Bonchev–Trinajstić information content (AvgIpc) is 3.32. The fourth-order valence-electron chi connectivity index (χ4n) is 2.29. The highest BCUT2D eigenvalue weighted by molar-refractivity contribution is 7.16. The van der Waals surface area contributed by atoms with Gasteiger partial charge in [0.2, 0.25) is 0 Å². The topological polar surface area (TPSA) is 55.1 Å². The molecule has 6 heteroatoms. The molecule has 0 saturated carbocycles. The fraction of sp³-hybridized carbons (Fsp3) is 0.0588. The first-order valence-corrected chi connectivity index (χ1v) is 8.79. The maximum Gasteiger partial charge on any atom is 0.251 e. The number of thiazole rings is 1. The van der Waals surface area contributed by atoms with Crippen molar-refractivity contribution in [2.75, 3.05) is 0 Å². The molecule has 3 aromatic heterocycles. The smallest absolute Gasteiger partial charge is 0.251 e. The first-order valence-electron chi connectivity index (χ1n) is 7.03. The van der Waals surface area contributed by atoms with E-state index in [-0.39, 0.29) is 5.91 Å². The number of aromatic nitrogens is 1. The summed E-state index contributed by atoms with van der Waals surface area (Å²) in [5, 5.41) is 4.89. The lowest BCUT2D eigenvalue weighted by molar-refractivity contribution is 0.0948. The summed E-state index contributed by atoms with van der Waals surface area (Å²) in [4.78, 5) is 17.5. The average molecular weight is 340 g/mol. The maximum absolute atomic E-state index is 12.3. The summed E-state index contributed by atoms with van der Waals surface area (Å²) in [5.74, 6) is 1.45. The van der Waals surface area contributed by atoms with Crippen LogP contribution in [0.1, 0.15) is 16.1 Å². The second-order valence-electron chi connectivity index (χ2n) is 4.96. The van der Waals surface area contributed by atoms with E-state index in [2.05, 4.69) is 10.3 Å². The van der Waals surface area contributed by atoms with Gasteiger partial charge in [-0.3, -0.25) is 4.79 Å². The normalized spacial score (nSPS) is 11.0. The van der Waals surface area contributed by atoms with Crippen LogP contribution in [-0.4, -0.2) is 10.9 Å². The van der Waals surface area contributed by atoms with Gasteiger partial charge < -0.3 is 9.73 Å². The summed E-state index contributed by atoms with van der Waals surface area (Å²) in [6.07, 6.45) is 0. The lowest BCUT2D eigenvalue weighted by atomic mass is 10.2. The Morgan fingerprint density at radius 2 is 2.13 bits per heavy atom. The number of nitrogens with zero attached hydrogens (tertiary/aromatic N) is 1. The number of thiophene rings is 1. The van der Waals surface area contributed by atoms with Crippen LogP contribution in [0.4, 0.5) is 0 Å².